The van der Waals surface area contributed by atoms with E-state index in [0.717, 1.165) is 25.9 Å². The van der Waals surface area contributed by atoms with Crippen LogP contribution in [0.4, 0.5) is 10.7 Å². The van der Waals surface area contributed by atoms with Gasteiger partial charge >= 0.3 is 5.97 Å². The van der Waals surface area contributed by atoms with Crippen molar-refractivity contribution in [2.45, 2.75) is 6.42 Å². The van der Waals surface area contributed by atoms with Crippen molar-refractivity contribution in [1.82, 2.24) is 0 Å². The number of rotatable bonds is 5. The molecule has 0 amide bonds. The van der Waals surface area contributed by atoms with E-state index in [2.05, 4.69) is 54.6 Å². The summed E-state index contributed by atoms with van der Waals surface area (Å²) in [7, 11) is 1.37. The summed E-state index contributed by atoms with van der Waals surface area (Å²) in [4.78, 5) is 13.2. The molecule has 4 nitrogen and oxygen atoms in total. The highest BCUT2D eigenvalue weighted by molar-refractivity contribution is 9.11. The minimum atomic E-state index is -0.398. The van der Waals surface area contributed by atoms with Crippen molar-refractivity contribution in [2.75, 3.05) is 17.7 Å². The quantitative estimate of drug-likeness (QED) is 0.288. The summed E-state index contributed by atoms with van der Waals surface area (Å²) < 4.78 is 6.75. The normalized spacial score (nSPS) is 10.4. The Bertz CT molecular complexity index is 1010. The van der Waals surface area contributed by atoms with Gasteiger partial charge < -0.3 is 15.4 Å². The number of benzene rings is 2. The highest BCUT2D eigenvalue weighted by Gasteiger charge is 2.18. The molecule has 0 unspecified atom stereocenters. The molecule has 0 saturated carbocycles. The molecule has 28 heavy (non-hydrogen) atoms. The van der Waals surface area contributed by atoms with E-state index >= 15 is 0 Å². The largest absolute Gasteiger partial charge is 0.465 e. The Morgan fingerprint density at radius 1 is 1.11 bits per heavy atom. The molecule has 0 atom stereocenters. The molecule has 144 valence electrons. The molecule has 0 saturated heterocycles. The number of carbonyl (C=O) groups excluding carboxylic acids is 1. The Morgan fingerprint density at radius 2 is 1.86 bits per heavy atom. The highest BCUT2D eigenvalue weighted by atomic mass is 79.9. The summed E-state index contributed by atoms with van der Waals surface area (Å²) in [6, 6.07) is 17.7. The Balaban J connectivity index is 1.79. The minimum absolute atomic E-state index is 0.390. The molecule has 0 bridgehead atoms. The molecule has 1 heterocycles. The van der Waals surface area contributed by atoms with E-state index in [1.807, 2.05) is 42.5 Å². The number of hydrogen-bond acceptors (Lipinski definition) is 4. The summed E-state index contributed by atoms with van der Waals surface area (Å²) in [6.45, 7) is 0. The lowest BCUT2D eigenvalue weighted by Crippen LogP contribution is -2.20. The molecule has 0 aliphatic heterocycles. The Morgan fingerprint density at radius 3 is 2.54 bits per heavy atom. The average molecular weight is 540 g/mol. The van der Waals surface area contributed by atoms with Gasteiger partial charge in [0, 0.05) is 20.2 Å². The zero-order chi connectivity index (χ0) is 20.1. The van der Waals surface area contributed by atoms with Gasteiger partial charge in [-0.3, -0.25) is 0 Å². The summed E-state index contributed by atoms with van der Waals surface area (Å²) in [5, 5.41) is 7.31. The van der Waals surface area contributed by atoms with E-state index in [9.17, 15) is 4.79 Å². The van der Waals surface area contributed by atoms with Crippen LogP contribution in [0.5, 0.6) is 0 Å². The number of thiophene rings is 1. The maximum absolute atomic E-state index is 12.2. The van der Waals surface area contributed by atoms with Crippen LogP contribution in [-0.2, 0) is 11.2 Å². The zero-order valence-corrected chi connectivity index (χ0v) is 19.6. The number of esters is 1. The van der Waals surface area contributed by atoms with Gasteiger partial charge in [-0.15, -0.1) is 11.3 Å². The number of halogens is 2. The van der Waals surface area contributed by atoms with Crippen LogP contribution in [0.2, 0.25) is 0 Å². The maximum Gasteiger partial charge on any atom is 0.340 e. The van der Waals surface area contributed by atoms with Crippen LogP contribution in [-0.4, -0.2) is 18.2 Å². The molecule has 0 spiro atoms. The third-order valence-electron chi connectivity index (χ3n) is 3.82. The second-order valence-electron chi connectivity index (χ2n) is 5.81. The van der Waals surface area contributed by atoms with E-state index in [1.54, 1.807) is 0 Å². The van der Waals surface area contributed by atoms with E-state index in [4.69, 9.17) is 17.0 Å². The maximum atomic E-state index is 12.2. The fourth-order valence-electron chi connectivity index (χ4n) is 2.53. The lowest BCUT2D eigenvalue weighted by atomic mass is 10.1. The minimum Gasteiger partial charge on any atom is -0.465 e. The predicted octanol–water partition coefficient (Wildman–Crippen LogP) is 6.46. The summed E-state index contributed by atoms with van der Waals surface area (Å²) in [5.74, 6) is -0.398. The average Bonchev–Trinajstić information content (AvgIpc) is 3.06. The Labute approximate surface area is 189 Å². The lowest BCUT2D eigenvalue weighted by Gasteiger charge is -2.12. The van der Waals surface area contributed by atoms with Gasteiger partial charge in [0.25, 0.3) is 0 Å². The van der Waals surface area contributed by atoms with Gasteiger partial charge in [0.2, 0.25) is 0 Å². The van der Waals surface area contributed by atoms with Crippen molar-refractivity contribution in [3.63, 3.8) is 0 Å². The van der Waals surface area contributed by atoms with Crippen LogP contribution in [0.1, 0.15) is 20.8 Å². The first-order chi connectivity index (χ1) is 13.5. The smallest absolute Gasteiger partial charge is 0.340 e. The Hall–Kier alpha value is -1.74. The second kappa shape index (κ2) is 9.65. The molecule has 0 radical (unpaired) electrons. The molecule has 0 aliphatic rings. The van der Waals surface area contributed by atoms with Crippen molar-refractivity contribution >= 4 is 77.2 Å². The van der Waals surface area contributed by atoms with Crippen molar-refractivity contribution in [3.8, 4) is 0 Å². The molecule has 2 N–H and O–H groups in total. The van der Waals surface area contributed by atoms with Gasteiger partial charge in [-0.2, -0.15) is 0 Å². The fourth-order valence-corrected chi connectivity index (χ4v) is 5.03. The molecule has 0 fully saturated rings. The van der Waals surface area contributed by atoms with E-state index in [-0.39, 0.29) is 0 Å². The van der Waals surface area contributed by atoms with Crippen molar-refractivity contribution in [1.29, 1.82) is 0 Å². The van der Waals surface area contributed by atoms with Crippen molar-refractivity contribution in [3.05, 3.63) is 79.5 Å². The number of nitrogens with one attached hydrogen (secondary N) is 2. The van der Waals surface area contributed by atoms with Crippen LogP contribution >= 0.6 is 55.4 Å². The van der Waals surface area contributed by atoms with Gasteiger partial charge in [-0.1, -0.05) is 46.3 Å². The molecular formula is C20H16Br2N2O2S2. The monoisotopic (exact) mass is 538 g/mol. The van der Waals surface area contributed by atoms with Gasteiger partial charge in [0.15, 0.2) is 5.11 Å². The summed E-state index contributed by atoms with van der Waals surface area (Å²) in [5.41, 5.74) is 2.46. The van der Waals surface area contributed by atoms with E-state index in [0.29, 0.717) is 15.7 Å². The van der Waals surface area contributed by atoms with Crippen LogP contribution in [0.25, 0.3) is 0 Å². The van der Waals surface area contributed by atoms with Gasteiger partial charge in [0.1, 0.15) is 5.00 Å². The third-order valence-corrected chi connectivity index (χ3v) is 6.22. The summed E-state index contributed by atoms with van der Waals surface area (Å²) in [6.07, 6.45) is 0.732. The van der Waals surface area contributed by atoms with Crippen LogP contribution in [0.15, 0.2) is 63.5 Å². The lowest BCUT2D eigenvalue weighted by molar-refractivity contribution is 0.0602. The number of hydrogen-bond donors (Lipinski definition) is 2. The fraction of sp³-hybridized carbons (Fsp3) is 0.100. The molecule has 2 aromatic carbocycles. The van der Waals surface area contributed by atoms with Crippen LogP contribution in [0, 0.1) is 0 Å². The topological polar surface area (TPSA) is 50.4 Å². The Kier molecular flexibility index (Phi) is 7.23. The molecule has 0 aliphatic carbocycles. The molecular weight excluding hydrogens is 524 g/mol. The first-order valence-corrected chi connectivity index (χ1v) is 11.1. The third kappa shape index (κ3) is 5.41. The second-order valence-corrected chi connectivity index (χ2v) is 9.13. The number of ether oxygens (including phenoxy) is 1. The van der Waals surface area contributed by atoms with Gasteiger partial charge in [-0.25, -0.2) is 4.79 Å². The zero-order valence-electron chi connectivity index (χ0n) is 14.8. The SMILES string of the molecule is COC(=O)c1cc(Cc2ccccc2)sc1NC(=S)Nc1ccc(Br)cc1Br. The highest BCUT2D eigenvalue weighted by Crippen LogP contribution is 2.31. The molecule has 1 aromatic heterocycles. The molecule has 3 rings (SSSR count). The summed E-state index contributed by atoms with van der Waals surface area (Å²) >= 11 is 13.8. The van der Waals surface area contributed by atoms with Gasteiger partial charge in [-0.05, 0) is 58.0 Å². The van der Waals surface area contributed by atoms with Gasteiger partial charge in [0.05, 0.1) is 18.4 Å². The number of methoxy groups -OCH3 is 1. The first kappa shape index (κ1) is 21.0. The number of anilines is 2. The van der Waals surface area contributed by atoms with E-state index < -0.39 is 5.97 Å². The first-order valence-electron chi connectivity index (χ1n) is 8.24. The number of thiocarbonyl (C=S) groups is 1. The van der Waals surface area contributed by atoms with Crippen molar-refractivity contribution < 1.29 is 9.53 Å². The van der Waals surface area contributed by atoms with E-state index in [1.165, 1.54) is 24.0 Å². The molecule has 3 aromatic rings. The molecule has 8 heteroatoms. The number of carbonyl (C=O) groups is 1. The van der Waals surface area contributed by atoms with Crippen molar-refractivity contribution in [2.24, 2.45) is 0 Å². The van der Waals surface area contributed by atoms with Crippen LogP contribution < -0.4 is 10.6 Å². The van der Waals surface area contributed by atoms with Crippen LogP contribution in [0.3, 0.4) is 0 Å². The standard InChI is InChI=1S/C20H16Br2N2O2S2/c1-26-19(25)15-11-14(9-12-5-3-2-4-6-12)28-18(15)24-20(27)23-17-8-7-13(21)10-16(17)22/h2-8,10-11H,9H2,1H3,(H2,23,24,27). The predicted molar refractivity (Wildman–Crippen MR) is 127 cm³/mol.